The number of nitrogens with two attached hydrogens (primary N) is 1. The summed E-state index contributed by atoms with van der Waals surface area (Å²) < 4.78 is 30.0. The molecule has 0 radical (unpaired) electrons. The predicted octanol–water partition coefficient (Wildman–Crippen LogP) is -3.47. The molecule has 0 aliphatic carbocycles. The van der Waals surface area contributed by atoms with E-state index in [2.05, 4.69) is 6.58 Å². The molecular formula is C7H14NNaO5S. The van der Waals surface area contributed by atoms with Crippen LogP contribution in [0.15, 0.2) is 12.7 Å². The third-order valence-electron chi connectivity index (χ3n) is 0.723. The summed E-state index contributed by atoms with van der Waals surface area (Å²) in [4.78, 5) is 9.25. The zero-order chi connectivity index (χ0) is 12.0. The summed E-state index contributed by atoms with van der Waals surface area (Å²) in [5, 5.41) is 7.60. The molecule has 84 valence electrons. The van der Waals surface area contributed by atoms with Crippen molar-refractivity contribution in [3.8, 4) is 0 Å². The van der Waals surface area contributed by atoms with Crippen LogP contribution >= 0.6 is 0 Å². The van der Waals surface area contributed by atoms with Crippen LogP contribution in [-0.2, 0) is 14.9 Å². The standard InChI is InChI=1S/C4H11NO3S.C3H4O2.Na/c1-4(2,5)3-9(6,7)8;1-2-3(4)5;/h3,5H2,1-2H3,(H,6,7,8);2H,1H2,(H,4,5);/q;;+1/p-1. The Hall–Kier alpha value is 0.0800. The summed E-state index contributed by atoms with van der Waals surface area (Å²) in [6.45, 7) is 5.94. The fraction of sp³-hybridized carbons (Fsp3) is 0.571. The molecule has 0 rings (SSSR count). The second-order valence-corrected chi connectivity index (χ2v) is 4.64. The SMILES string of the molecule is C=CC(=O)O.CC(C)(N)CS(=O)(=O)[O-].[Na+]. The van der Waals surface area contributed by atoms with Gasteiger partial charge in [-0.05, 0) is 13.8 Å². The number of aliphatic carboxylic acids is 1. The smallest absolute Gasteiger partial charge is 0.748 e. The molecule has 0 saturated heterocycles. The van der Waals surface area contributed by atoms with Crippen LogP contribution in [0.2, 0.25) is 0 Å². The van der Waals surface area contributed by atoms with E-state index in [-0.39, 0.29) is 29.6 Å². The summed E-state index contributed by atoms with van der Waals surface area (Å²) in [6.07, 6.45) is 0.833. The van der Waals surface area contributed by atoms with Crippen LogP contribution in [0.5, 0.6) is 0 Å². The predicted molar refractivity (Wildman–Crippen MR) is 50.7 cm³/mol. The fourth-order valence-electron chi connectivity index (χ4n) is 0.456. The topological polar surface area (TPSA) is 121 Å². The van der Waals surface area contributed by atoms with Crippen molar-refractivity contribution in [2.24, 2.45) is 5.73 Å². The van der Waals surface area contributed by atoms with Gasteiger partial charge in [0.1, 0.15) is 0 Å². The van der Waals surface area contributed by atoms with Crippen molar-refractivity contribution in [2.45, 2.75) is 19.4 Å². The van der Waals surface area contributed by atoms with Crippen LogP contribution in [0.1, 0.15) is 13.8 Å². The number of carboxylic acids is 1. The molecule has 0 saturated carbocycles. The molecule has 0 bridgehead atoms. The van der Waals surface area contributed by atoms with Gasteiger partial charge in [0.15, 0.2) is 0 Å². The van der Waals surface area contributed by atoms with Crippen LogP contribution in [0, 0.1) is 0 Å². The van der Waals surface area contributed by atoms with E-state index in [1.807, 2.05) is 0 Å². The number of hydrogen-bond acceptors (Lipinski definition) is 5. The maximum Gasteiger partial charge on any atom is 1.00 e. The van der Waals surface area contributed by atoms with Crippen molar-refractivity contribution in [3.05, 3.63) is 12.7 Å². The molecule has 0 aliphatic heterocycles. The average molecular weight is 247 g/mol. The molecule has 0 aliphatic rings. The van der Waals surface area contributed by atoms with Crippen LogP contribution in [0.25, 0.3) is 0 Å². The first-order valence-electron chi connectivity index (χ1n) is 3.56. The van der Waals surface area contributed by atoms with Gasteiger partial charge in [-0.3, -0.25) is 0 Å². The summed E-state index contributed by atoms with van der Waals surface area (Å²) in [5.41, 5.74) is 4.33. The quantitative estimate of drug-likeness (QED) is 0.304. The van der Waals surface area contributed by atoms with Crippen molar-refractivity contribution in [2.75, 3.05) is 5.75 Å². The Labute approximate surface area is 112 Å². The molecule has 0 atom stereocenters. The number of carboxylic acid groups (broad SMARTS) is 1. The zero-order valence-electron chi connectivity index (χ0n) is 9.06. The van der Waals surface area contributed by atoms with Crippen LogP contribution in [0.4, 0.5) is 0 Å². The largest absolute Gasteiger partial charge is 1.00 e. The Balaban J connectivity index is -0.000000208. The van der Waals surface area contributed by atoms with Crippen molar-refractivity contribution < 1.29 is 52.4 Å². The fourth-order valence-corrected chi connectivity index (χ4v) is 1.37. The van der Waals surface area contributed by atoms with E-state index in [9.17, 15) is 17.8 Å². The molecule has 0 aromatic heterocycles. The van der Waals surface area contributed by atoms with Crippen LogP contribution < -0.4 is 35.3 Å². The average Bonchev–Trinajstić information content (AvgIpc) is 1.80. The van der Waals surface area contributed by atoms with Crippen LogP contribution in [-0.4, -0.2) is 35.3 Å². The van der Waals surface area contributed by atoms with Gasteiger partial charge in [0.2, 0.25) is 0 Å². The molecule has 0 amide bonds. The van der Waals surface area contributed by atoms with Crippen molar-refractivity contribution in [3.63, 3.8) is 0 Å². The molecule has 0 aromatic carbocycles. The Morgan fingerprint density at radius 2 is 1.87 bits per heavy atom. The van der Waals surface area contributed by atoms with Gasteiger partial charge in [0.25, 0.3) is 0 Å². The molecule has 0 spiro atoms. The van der Waals surface area contributed by atoms with Gasteiger partial charge in [-0.15, -0.1) is 0 Å². The van der Waals surface area contributed by atoms with Gasteiger partial charge in [-0.25, -0.2) is 13.2 Å². The van der Waals surface area contributed by atoms with E-state index >= 15 is 0 Å². The van der Waals surface area contributed by atoms with Gasteiger partial charge in [-0.1, -0.05) is 6.58 Å². The second-order valence-electron chi connectivity index (χ2n) is 3.23. The van der Waals surface area contributed by atoms with E-state index in [0.29, 0.717) is 0 Å². The van der Waals surface area contributed by atoms with Crippen molar-refractivity contribution in [1.82, 2.24) is 0 Å². The third kappa shape index (κ3) is 31.5. The first kappa shape index (κ1) is 20.5. The van der Waals surface area contributed by atoms with E-state index in [1.165, 1.54) is 13.8 Å². The summed E-state index contributed by atoms with van der Waals surface area (Å²) in [7, 11) is -4.16. The maximum absolute atomic E-state index is 10.0. The van der Waals surface area contributed by atoms with Gasteiger partial charge in [-0.2, -0.15) is 0 Å². The molecule has 0 heterocycles. The number of hydrogen-bond donors (Lipinski definition) is 2. The minimum absolute atomic E-state index is 0. The number of carbonyl (C=O) groups is 1. The maximum atomic E-state index is 10.0. The van der Waals surface area contributed by atoms with Crippen LogP contribution in [0.3, 0.4) is 0 Å². The zero-order valence-corrected chi connectivity index (χ0v) is 11.9. The first-order valence-corrected chi connectivity index (χ1v) is 5.13. The molecule has 6 nitrogen and oxygen atoms in total. The Morgan fingerprint density at radius 3 is 1.87 bits per heavy atom. The van der Waals surface area contributed by atoms with E-state index < -0.39 is 27.4 Å². The molecule has 15 heavy (non-hydrogen) atoms. The van der Waals surface area contributed by atoms with Gasteiger partial charge in [0, 0.05) is 11.6 Å². The van der Waals surface area contributed by atoms with Gasteiger partial charge in [0.05, 0.1) is 15.9 Å². The van der Waals surface area contributed by atoms with E-state index in [1.54, 1.807) is 0 Å². The molecule has 3 N–H and O–H groups in total. The Morgan fingerprint density at radius 1 is 1.60 bits per heavy atom. The monoisotopic (exact) mass is 247 g/mol. The summed E-state index contributed by atoms with van der Waals surface area (Å²) >= 11 is 0. The molecular weight excluding hydrogens is 233 g/mol. The van der Waals surface area contributed by atoms with Crippen molar-refractivity contribution in [1.29, 1.82) is 0 Å². The Kier molecular flexibility index (Phi) is 11.3. The molecule has 8 heteroatoms. The molecule has 0 aromatic rings. The number of rotatable bonds is 3. The Bertz CT molecular complexity index is 293. The van der Waals surface area contributed by atoms with Crippen molar-refractivity contribution >= 4 is 16.1 Å². The van der Waals surface area contributed by atoms with E-state index in [0.717, 1.165) is 6.08 Å². The minimum Gasteiger partial charge on any atom is -0.748 e. The molecule has 0 unspecified atom stereocenters. The van der Waals surface area contributed by atoms with Gasteiger partial charge < -0.3 is 15.4 Å². The summed E-state index contributed by atoms with van der Waals surface area (Å²) in [6, 6.07) is 0. The third-order valence-corrected chi connectivity index (χ3v) is 1.82. The first-order chi connectivity index (χ1) is 5.98. The minimum atomic E-state index is -4.16. The second kappa shape index (κ2) is 8.26. The van der Waals surface area contributed by atoms with Gasteiger partial charge >= 0.3 is 35.5 Å². The molecule has 0 fully saturated rings. The summed E-state index contributed by atoms with van der Waals surface area (Å²) in [5.74, 6) is -1.50. The normalized spacial score (nSPS) is 10.4. The van der Waals surface area contributed by atoms with E-state index in [4.69, 9.17) is 10.8 Å².